The van der Waals surface area contributed by atoms with Gasteiger partial charge in [0.2, 0.25) is 0 Å². The fourth-order valence-corrected chi connectivity index (χ4v) is 3.29. The molecule has 0 unspecified atom stereocenters. The summed E-state index contributed by atoms with van der Waals surface area (Å²) in [6, 6.07) is 26.3. The van der Waals surface area contributed by atoms with Gasteiger partial charge >= 0.3 is 0 Å². The van der Waals surface area contributed by atoms with Crippen LogP contribution in [0.3, 0.4) is 0 Å². The van der Waals surface area contributed by atoms with Gasteiger partial charge in [0.25, 0.3) is 0 Å². The van der Waals surface area contributed by atoms with Crippen molar-refractivity contribution in [3.05, 3.63) is 128 Å². The smallest absolute Gasteiger partial charge is 0.143 e. The molecule has 10 heteroatoms. The van der Waals surface area contributed by atoms with Crippen LogP contribution >= 0.6 is 0 Å². The van der Waals surface area contributed by atoms with E-state index >= 15 is 0 Å². The zero-order valence-electron chi connectivity index (χ0n) is 21.0. The molecule has 0 saturated carbocycles. The molecular formula is C30H24N6O3Ru. The number of hydrogen-bond acceptors (Lipinski definition) is 9. The standard InChI is InChI=1S/3C10H8N2O.Ru/c3*13-9-5-3-7-12-10(9)8-4-1-2-6-11-8;/h3*1-7,13H;. The van der Waals surface area contributed by atoms with Crippen molar-refractivity contribution < 1.29 is 34.8 Å². The minimum atomic E-state index is 0. The Bertz CT molecular complexity index is 1400. The van der Waals surface area contributed by atoms with Crippen molar-refractivity contribution >= 4 is 0 Å². The molecule has 0 aliphatic carbocycles. The topological polar surface area (TPSA) is 138 Å². The van der Waals surface area contributed by atoms with Crippen LogP contribution in [0.2, 0.25) is 0 Å². The van der Waals surface area contributed by atoms with E-state index in [0.717, 1.165) is 0 Å². The molecule has 40 heavy (non-hydrogen) atoms. The molecule has 0 radical (unpaired) electrons. The average molecular weight is 618 g/mol. The molecule has 3 N–H and O–H groups in total. The van der Waals surface area contributed by atoms with Gasteiger partial charge in [-0.3, -0.25) is 29.9 Å². The second-order valence-corrected chi connectivity index (χ2v) is 7.76. The van der Waals surface area contributed by atoms with Crippen LogP contribution in [0.15, 0.2) is 128 Å². The second-order valence-electron chi connectivity index (χ2n) is 7.76. The van der Waals surface area contributed by atoms with Crippen molar-refractivity contribution in [1.29, 1.82) is 0 Å². The van der Waals surface area contributed by atoms with Gasteiger partial charge < -0.3 is 15.3 Å². The van der Waals surface area contributed by atoms with E-state index in [2.05, 4.69) is 29.9 Å². The number of aromatic nitrogens is 6. The van der Waals surface area contributed by atoms with E-state index in [0.29, 0.717) is 34.2 Å². The van der Waals surface area contributed by atoms with Crippen molar-refractivity contribution in [3.63, 3.8) is 0 Å². The molecule has 200 valence electrons. The molecule has 0 bridgehead atoms. The third kappa shape index (κ3) is 8.21. The molecule has 0 amide bonds. The molecule has 6 heterocycles. The van der Waals surface area contributed by atoms with E-state index < -0.39 is 0 Å². The van der Waals surface area contributed by atoms with Gasteiger partial charge in [-0.25, -0.2) is 0 Å². The van der Waals surface area contributed by atoms with Crippen LogP contribution < -0.4 is 0 Å². The van der Waals surface area contributed by atoms with E-state index in [9.17, 15) is 15.3 Å². The molecular weight excluding hydrogens is 593 g/mol. The van der Waals surface area contributed by atoms with Crippen molar-refractivity contribution in [2.45, 2.75) is 0 Å². The normalized spacial score (nSPS) is 9.60. The van der Waals surface area contributed by atoms with Crippen LogP contribution in [0.25, 0.3) is 34.2 Å². The number of rotatable bonds is 3. The second kappa shape index (κ2) is 15.4. The summed E-state index contributed by atoms with van der Waals surface area (Å²) in [6.07, 6.45) is 9.90. The molecule has 0 aromatic carbocycles. The van der Waals surface area contributed by atoms with Gasteiger partial charge in [-0.1, -0.05) is 18.2 Å². The Morgan fingerprint density at radius 2 is 0.600 bits per heavy atom. The third-order valence-corrected chi connectivity index (χ3v) is 5.08. The average Bonchev–Trinajstić information content (AvgIpc) is 3.00. The maximum atomic E-state index is 9.46. The minimum Gasteiger partial charge on any atom is -0.506 e. The number of hydrogen-bond donors (Lipinski definition) is 3. The van der Waals surface area contributed by atoms with Gasteiger partial charge in [-0.05, 0) is 72.8 Å². The number of aromatic hydroxyl groups is 3. The first-order valence-corrected chi connectivity index (χ1v) is 11.8. The van der Waals surface area contributed by atoms with Gasteiger partial charge in [0.1, 0.15) is 34.3 Å². The quantitative estimate of drug-likeness (QED) is 0.218. The first-order valence-electron chi connectivity index (χ1n) is 11.8. The zero-order chi connectivity index (χ0) is 27.3. The molecule has 0 fully saturated rings. The summed E-state index contributed by atoms with van der Waals surface area (Å²) in [6.45, 7) is 0. The molecule has 0 aliphatic heterocycles. The van der Waals surface area contributed by atoms with Gasteiger partial charge in [0, 0.05) is 56.7 Å². The Balaban J connectivity index is 0.000000163. The number of pyridine rings is 6. The van der Waals surface area contributed by atoms with Crippen molar-refractivity contribution in [1.82, 2.24) is 29.9 Å². The van der Waals surface area contributed by atoms with Crippen molar-refractivity contribution in [3.8, 4) is 51.4 Å². The molecule has 0 saturated heterocycles. The summed E-state index contributed by atoms with van der Waals surface area (Å²) in [5.41, 5.74) is 3.59. The Labute approximate surface area is 243 Å². The fourth-order valence-electron chi connectivity index (χ4n) is 3.29. The van der Waals surface area contributed by atoms with Gasteiger partial charge in [-0.2, -0.15) is 0 Å². The van der Waals surface area contributed by atoms with Crippen LogP contribution in [0, 0.1) is 0 Å². The number of nitrogens with zero attached hydrogens (tertiary/aromatic N) is 6. The van der Waals surface area contributed by atoms with Crippen LogP contribution in [0.1, 0.15) is 0 Å². The Hall–Kier alpha value is -5.08. The summed E-state index contributed by atoms with van der Waals surface area (Å²) < 4.78 is 0. The van der Waals surface area contributed by atoms with E-state index in [1.165, 1.54) is 0 Å². The van der Waals surface area contributed by atoms with Gasteiger partial charge in [-0.15, -0.1) is 0 Å². The monoisotopic (exact) mass is 618 g/mol. The summed E-state index contributed by atoms with van der Waals surface area (Å²) in [7, 11) is 0. The SMILES string of the molecule is Oc1cccnc1-c1ccccn1.Oc1cccnc1-c1ccccn1.Oc1cccnc1-c1ccccn1.[Ru]. The van der Waals surface area contributed by atoms with E-state index in [4.69, 9.17) is 0 Å². The summed E-state index contributed by atoms with van der Waals surface area (Å²) in [5.74, 6) is 0.462. The Morgan fingerprint density at radius 1 is 0.325 bits per heavy atom. The first-order chi connectivity index (χ1) is 19.1. The van der Waals surface area contributed by atoms with Crippen LogP contribution in [-0.4, -0.2) is 45.2 Å². The van der Waals surface area contributed by atoms with E-state index in [1.54, 1.807) is 73.6 Å². The molecule has 6 rings (SSSR count). The largest absolute Gasteiger partial charge is 0.506 e. The van der Waals surface area contributed by atoms with E-state index in [1.807, 2.05) is 54.6 Å². The summed E-state index contributed by atoms with van der Waals surface area (Å²) in [5, 5.41) is 28.4. The van der Waals surface area contributed by atoms with Crippen molar-refractivity contribution in [2.75, 3.05) is 0 Å². The zero-order valence-corrected chi connectivity index (χ0v) is 22.7. The molecule has 0 spiro atoms. The van der Waals surface area contributed by atoms with Gasteiger partial charge in [0.05, 0.1) is 17.1 Å². The maximum Gasteiger partial charge on any atom is 0.143 e. The van der Waals surface area contributed by atoms with Crippen molar-refractivity contribution in [2.24, 2.45) is 0 Å². The molecule has 0 aliphatic rings. The van der Waals surface area contributed by atoms with Crippen LogP contribution in [0.5, 0.6) is 17.2 Å². The minimum absolute atomic E-state index is 0. The van der Waals surface area contributed by atoms with Crippen LogP contribution in [0.4, 0.5) is 0 Å². The maximum absolute atomic E-state index is 9.46. The predicted octanol–water partition coefficient (Wildman–Crippen LogP) is 5.55. The summed E-state index contributed by atoms with van der Waals surface area (Å²) in [4.78, 5) is 24.4. The molecule has 6 aromatic heterocycles. The molecule has 0 atom stereocenters. The first kappa shape index (κ1) is 29.5. The Morgan fingerprint density at radius 3 is 0.825 bits per heavy atom. The molecule has 9 nitrogen and oxygen atoms in total. The Kier molecular flexibility index (Phi) is 11.3. The summed E-state index contributed by atoms with van der Waals surface area (Å²) >= 11 is 0. The van der Waals surface area contributed by atoms with Crippen LogP contribution in [-0.2, 0) is 19.5 Å². The van der Waals surface area contributed by atoms with E-state index in [-0.39, 0.29) is 36.7 Å². The predicted molar refractivity (Wildman–Crippen MR) is 147 cm³/mol. The third-order valence-electron chi connectivity index (χ3n) is 5.08. The van der Waals surface area contributed by atoms with Gasteiger partial charge in [0.15, 0.2) is 0 Å². The fraction of sp³-hybridized carbons (Fsp3) is 0. The molecule has 6 aromatic rings.